The van der Waals surface area contributed by atoms with Gasteiger partial charge >= 0.3 is 0 Å². The van der Waals surface area contributed by atoms with E-state index in [1.165, 1.54) is 0 Å². The van der Waals surface area contributed by atoms with Crippen LogP contribution in [0.4, 0.5) is 5.82 Å². The van der Waals surface area contributed by atoms with Gasteiger partial charge in [-0.05, 0) is 18.5 Å². The van der Waals surface area contributed by atoms with Crippen LogP contribution in [-0.4, -0.2) is 26.5 Å². The molecule has 0 fully saturated rings. The Morgan fingerprint density at radius 2 is 2.31 bits per heavy atom. The summed E-state index contributed by atoms with van der Waals surface area (Å²) in [5.74, 6) is 1.72. The molecule has 0 atom stereocenters. The van der Waals surface area contributed by atoms with Crippen LogP contribution in [0, 0.1) is 6.92 Å². The number of anilines is 1. The van der Waals surface area contributed by atoms with Gasteiger partial charge in [-0.25, -0.2) is 15.0 Å². The number of rotatable bonds is 4. The minimum Gasteiger partial charge on any atom is -0.369 e. The molecule has 0 saturated heterocycles. The molecule has 6 heteroatoms. The number of halogens is 1. The van der Waals surface area contributed by atoms with Crippen molar-refractivity contribution in [2.75, 3.05) is 11.9 Å². The van der Waals surface area contributed by atoms with Gasteiger partial charge < -0.3 is 10.3 Å². The summed E-state index contributed by atoms with van der Waals surface area (Å²) in [4.78, 5) is 15.2. The fraction of sp³-hybridized carbons (Fsp3) is 0.300. The van der Waals surface area contributed by atoms with Gasteiger partial charge in [-0.15, -0.1) is 0 Å². The van der Waals surface area contributed by atoms with Crippen molar-refractivity contribution in [2.45, 2.75) is 13.3 Å². The molecule has 0 saturated carbocycles. The molecule has 2 N–H and O–H groups in total. The minimum atomic E-state index is 0.256. The number of hydrogen-bond acceptors (Lipinski definition) is 4. The van der Waals surface area contributed by atoms with Crippen LogP contribution in [0.25, 0.3) is 0 Å². The van der Waals surface area contributed by atoms with Crippen LogP contribution in [0.5, 0.6) is 0 Å². The number of nitrogens with one attached hydrogen (secondary N) is 2. The molecule has 5 nitrogen and oxygen atoms in total. The Balaban J connectivity index is 1.92. The third-order valence-corrected chi connectivity index (χ3v) is 2.33. The fourth-order valence-electron chi connectivity index (χ4n) is 1.33. The largest absolute Gasteiger partial charge is 0.369 e. The maximum Gasteiger partial charge on any atom is 0.224 e. The highest BCUT2D eigenvalue weighted by atomic mass is 35.5. The van der Waals surface area contributed by atoms with Crippen molar-refractivity contribution in [1.82, 2.24) is 19.9 Å². The number of aromatic nitrogens is 4. The smallest absolute Gasteiger partial charge is 0.224 e. The molecule has 0 aromatic carbocycles. The van der Waals surface area contributed by atoms with Crippen molar-refractivity contribution in [3.05, 3.63) is 35.3 Å². The summed E-state index contributed by atoms with van der Waals surface area (Å²) in [5, 5.41) is 3.45. The molecule has 0 radical (unpaired) electrons. The van der Waals surface area contributed by atoms with Crippen LogP contribution in [-0.2, 0) is 6.42 Å². The molecule has 0 amide bonds. The number of aryl methyl sites for hydroxylation is 1. The van der Waals surface area contributed by atoms with Gasteiger partial charge in [-0.2, -0.15) is 0 Å². The predicted octanol–water partition coefficient (Wildman–Crippen LogP) is 1.82. The van der Waals surface area contributed by atoms with Gasteiger partial charge in [0.05, 0.1) is 0 Å². The molecule has 2 aromatic rings. The monoisotopic (exact) mass is 237 g/mol. The lowest BCUT2D eigenvalue weighted by Gasteiger charge is -2.06. The lowest BCUT2D eigenvalue weighted by atomic mass is 10.3. The molecule has 2 rings (SSSR count). The van der Waals surface area contributed by atoms with E-state index in [2.05, 4.69) is 25.3 Å². The molecule has 2 heterocycles. The zero-order chi connectivity index (χ0) is 11.4. The molecule has 0 aliphatic heterocycles. The van der Waals surface area contributed by atoms with E-state index >= 15 is 0 Å². The topological polar surface area (TPSA) is 66.5 Å². The molecule has 2 aromatic heterocycles. The number of H-pyrrole nitrogens is 1. The first-order valence-electron chi connectivity index (χ1n) is 4.97. The van der Waals surface area contributed by atoms with Gasteiger partial charge in [0.25, 0.3) is 0 Å². The first-order chi connectivity index (χ1) is 7.75. The van der Waals surface area contributed by atoms with Crippen LogP contribution in [0.3, 0.4) is 0 Å². The van der Waals surface area contributed by atoms with Crippen molar-refractivity contribution in [2.24, 2.45) is 0 Å². The zero-order valence-corrected chi connectivity index (χ0v) is 9.62. The van der Waals surface area contributed by atoms with Gasteiger partial charge in [0.15, 0.2) is 0 Å². The van der Waals surface area contributed by atoms with E-state index < -0.39 is 0 Å². The SMILES string of the molecule is Cc1cnc(Cl)nc1NCCc1ncc[nH]1. The highest BCUT2D eigenvalue weighted by Crippen LogP contribution is 2.12. The molecule has 16 heavy (non-hydrogen) atoms. The second-order valence-electron chi connectivity index (χ2n) is 3.38. The van der Waals surface area contributed by atoms with Crippen LogP contribution in [0.1, 0.15) is 11.4 Å². The quantitative estimate of drug-likeness (QED) is 0.796. The van der Waals surface area contributed by atoms with Gasteiger partial charge in [-0.1, -0.05) is 0 Å². The lowest BCUT2D eigenvalue weighted by Crippen LogP contribution is -2.09. The van der Waals surface area contributed by atoms with Gasteiger partial charge in [0.1, 0.15) is 11.6 Å². The Bertz CT molecular complexity index is 454. The molecular weight excluding hydrogens is 226 g/mol. The van der Waals surface area contributed by atoms with Crippen LogP contribution in [0.15, 0.2) is 18.6 Å². The van der Waals surface area contributed by atoms with E-state index in [0.717, 1.165) is 30.2 Å². The van der Waals surface area contributed by atoms with Crippen molar-refractivity contribution in [3.63, 3.8) is 0 Å². The maximum absolute atomic E-state index is 5.71. The summed E-state index contributed by atoms with van der Waals surface area (Å²) in [6.07, 6.45) is 6.06. The Morgan fingerprint density at radius 3 is 3.06 bits per heavy atom. The molecule has 0 bridgehead atoms. The highest BCUT2D eigenvalue weighted by molar-refractivity contribution is 6.28. The van der Waals surface area contributed by atoms with Crippen molar-refractivity contribution in [3.8, 4) is 0 Å². The third-order valence-electron chi connectivity index (χ3n) is 2.15. The van der Waals surface area contributed by atoms with E-state index in [1.54, 1.807) is 12.4 Å². The second-order valence-corrected chi connectivity index (χ2v) is 3.72. The summed E-state index contributed by atoms with van der Waals surface area (Å²) >= 11 is 5.71. The number of hydrogen-bond donors (Lipinski definition) is 2. The summed E-state index contributed by atoms with van der Waals surface area (Å²) in [6, 6.07) is 0. The van der Waals surface area contributed by atoms with Crippen molar-refractivity contribution < 1.29 is 0 Å². The number of nitrogens with zero attached hydrogens (tertiary/aromatic N) is 3. The summed E-state index contributed by atoms with van der Waals surface area (Å²) < 4.78 is 0. The van der Waals surface area contributed by atoms with Gasteiger partial charge in [0, 0.05) is 37.1 Å². The maximum atomic E-state index is 5.71. The fourth-order valence-corrected chi connectivity index (χ4v) is 1.47. The first-order valence-corrected chi connectivity index (χ1v) is 5.35. The third kappa shape index (κ3) is 2.70. The van der Waals surface area contributed by atoms with E-state index in [-0.39, 0.29) is 5.28 Å². The average Bonchev–Trinajstić information content (AvgIpc) is 2.76. The van der Waals surface area contributed by atoms with Gasteiger partial charge in [-0.3, -0.25) is 0 Å². The highest BCUT2D eigenvalue weighted by Gasteiger charge is 2.02. The molecule has 0 aliphatic carbocycles. The van der Waals surface area contributed by atoms with E-state index in [4.69, 9.17) is 11.6 Å². The van der Waals surface area contributed by atoms with E-state index in [0.29, 0.717) is 0 Å². The molecule has 0 aliphatic rings. The summed E-state index contributed by atoms with van der Waals surface area (Å²) in [6.45, 7) is 2.69. The lowest BCUT2D eigenvalue weighted by molar-refractivity contribution is 0.917. The summed E-state index contributed by atoms with van der Waals surface area (Å²) in [7, 11) is 0. The Labute approximate surface area is 98.3 Å². The zero-order valence-electron chi connectivity index (χ0n) is 8.87. The van der Waals surface area contributed by atoms with E-state index in [1.807, 2.05) is 13.1 Å². The standard InChI is InChI=1S/C10H12ClN5/c1-7-6-15-10(11)16-9(7)14-3-2-8-12-4-5-13-8/h4-6H,2-3H2,1H3,(H,12,13)(H,14,15,16). The predicted molar refractivity (Wildman–Crippen MR) is 62.6 cm³/mol. The second kappa shape index (κ2) is 4.94. The summed E-state index contributed by atoms with van der Waals surface area (Å²) in [5.41, 5.74) is 0.976. The molecular formula is C10H12ClN5. The molecule has 0 spiro atoms. The molecule has 84 valence electrons. The van der Waals surface area contributed by atoms with Crippen molar-refractivity contribution in [1.29, 1.82) is 0 Å². The van der Waals surface area contributed by atoms with Crippen LogP contribution < -0.4 is 5.32 Å². The van der Waals surface area contributed by atoms with E-state index in [9.17, 15) is 0 Å². The normalized spacial score (nSPS) is 10.4. The van der Waals surface area contributed by atoms with Crippen LogP contribution >= 0.6 is 11.6 Å². The Morgan fingerprint density at radius 1 is 1.44 bits per heavy atom. The van der Waals surface area contributed by atoms with Crippen LogP contribution in [0.2, 0.25) is 5.28 Å². The Kier molecular flexibility index (Phi) is 3.36. The van der Waals surface area contributed by atoms with Gasteiger partial charge in [0.2, 0.25) is 5.28 Å². The number of imidazole rings is 1. The Hall–Kier alpha value is -1.62. The van der Waals surface area contributed by atoms with Crippen molar-refractivity contribution >= 4 is 17.4 Å². The minimum absolute atomic E-state index is 0.256. The first kappa shape index (κ1) is 10.9. The molecule has 0 unspecified atom stereocenters. The number of aromatic amines is 1. The average molecular weight is 238 g/mol.